The molecule has 0 atom stereocenters. The van der Waals surface area contributed by atoms with Gasteiger partial charge in [-0.3, -0.25) is 9.59 Å². The van der Waals surface area contributed by atoms with Crippen LogP contribution in [-0.4, -0.2) is 33.9 Å². The van der Waals surface area contributed by atoms with Crippen LogP contribution in [0, 0.1) is 0 Å². The minimum Gasteiger partial charge on any atom is -0.468 e. The van der Waals surface area contributed by atoms with Gasteiger partial charge in [0.05, 0.1) is 12.0 Å². The fraction of sp³-hybridized carbons (Fsp3) is 0.176. The zero-order valence-electron chi connectivity index (χ0n) is 13.9. The van der Waals surface area contributed by atoms with E-state index in [9.17, 15) is 18.0 Å². The lowest BCUT2D eigenvalue weighted by molar-refractivity contribution is -0.139. The predicted octanol–water partition coefficient (Wildman–Crippen LogP) is 1.72. The number of halogens is 1. The Balaban J connectivity index is 1.95. The minimum atomic E-state index is -3.81. The standard InChI is InChI=1S/C17H17ClN2O5S/c1-25-16(21)11-20-26(23,24)15-8-2-12(3-9-15)10-19-17(22)13-4-6-14(18)7-5-13/h2-9,20H,10-11H2,1H3,(H,19,22). The number of ether oxygens (including phenoxy) is 1. The van der Waals surface area contributed by atoms with Gasteiger partial charge in [-0.2, -0.15) is 4.72 Å². The fourth-order valence-electron chi connectivity index (χ4n) is 1.98. The summed E-state index contributed by atoms with van der Waals surface area (Å²) in [6.45, 7) is -0.213. The van der Waals surface area contributed by atoms with E-state index >= 15 is 0 Å². The smallest absolute Gasteiger partial charge is 0.320 e. The number of amides is 1. The summed E-state index contributed by atoms with van der Waals surface area (Å²) in [5.74, 6) is -0.951. The van der Waals surface area contributed by atoms with Crippen molar-refractivity contribution in [3.63, 3.8) is 0 Å². The summed E-state index contributed by atoms with van der Waals surface area (Å²) >= 11 is 5.78. The van der Waals surface area contributed by atoms with E-state index in [0.29, 0.717) is 10.6 Å². The quantitative estimate of drug-likeness (QED) is 0.694. The molecule has 0 bridgehead atoms. The molecule has 0 unspecified atom stereocenters. The molecule has 9 heteroatoms. The highest BCUT2D eigenvalue weighted by Gasteiger charge is 2.15. The van der Waals surface area contributed by atoms with E-state index in [1.807, 2.05) is 0 Å². The monoisotopic (exact) mass is 396 g/mol. The van der Waals surface area contributed by atoms with Gasteiger partial charge in [0.25, 0.3) is 5.91 Å². The number of carbonyl (C=O) groups excluding carboxylic acids is 2. The summed E-state index contributed by atoms with van der Waals surface area (Å²) in [7, 11) is -2.64. The fourth-order valence-corrected chi connectivity index (χ4v) is 3.08. The van der Waals surface area contributed by atoms with Crippen LogP contribution in [0.15, 0.2) is 53.4 Å². The molecule has 2 N–H and O–H groups in total. The van der Waals surface area contributed by atoms with E-state index < -0.39 is 22.5 Å². The Bertz CT molecular complexity index is 880. The maximum Gasteiger partial charge on any atom is 0.320 e. The Morgan fingerprint density at radius 1 is 1.04 bits per heavy atom. The number of esters is 1. The van der Waals surface area contributed by atoms with Crippen LogP contribution in [0.2, 0.25) is 5.02 Å². The summed E-state index contributed by atoms with van der Waals surface area (Å²) in [6, 6.07) is 12.4. The maximum absolute atomic E-state index is 12.0. The lowest BCUT2D eigenvalue weighted by Crippen LogP contribution is -2.30. The number of hydrogen-bond acceptors (Lipinski definition) is 5. The van der Waals surface area contributed by atoms with Crippen LogP contribution >= 0.6 is 11.6 Å². The van der Waals surface area contributed by atoms with Gasteiger partial charge in [-0.25, -0.2) is 8.42 Å². The number of benzene rings is 2. The molecule has 2 rings (SSSR count). The van der Waals surface area contributed by atoms with Gasteiger partial charge in [-0.1, -0.05) is 23.7 Å². The van der Waals surface area contributed by atoms with E-state index in [1.165, 1.54) is 19.2 Å². The molecular formula is C17H17ClN2O5S. The van der Waals surface area contributed by atoms with Crippen molar-refractivity contribution in [3.8, 4) is 0 Å². The molecular weight excluding hydrogens is 380 g/mol. The van der Waals surface area contributed by atoms with Crippen molar-refractivity contribution in [2.45, 2.75) is 11.4 Å². The van der Waals surface area contributed by atoms with E-state index in [-0.39, 0.29) is 17.3 Å². The topological polar surface area (TPSA) is 102 Å². The van der Waals surface area contributed by atoms with Crippen molar-refractivity contribution in [2.24, 2.45) is 0 Å². The van der Waals surface area contributed by atoms with Gasteiger partial charge in [0.2, 0.25) is 10.0 Å². The van der Waals surface area contributed by atoms with Gasteiger partial charge in [-0.05, 0) is 42.0 Å². The van der Waals surface area contributed by atoms with Crippen molar-refractivity contribution in [1.82, 2.24) is 10.0 Å². The summed E-state index contributed by atoms with van der Waals surface area (Å²) in [5, 5.41) is 3.27. The third kappa shape index (κ3) is 5.55. The van der Waals surface area contributed by atoms with Gasteiger partial charge < -0.3 is 10.1 Å². The molecule has 0 spiro atoms. The highest BCUT2D eigenvalue weighted by atomic mass is 35.5. The summed E-state index contributed by atoms with van der Waals surface area (Å²) < 4.78 is 30.6. The molecule has 0 saturated carbocycles. The molecule has 0 aliphatic carbocycles. The average Bonchev–Trinajstić information content (AvgIpc) is 2.65. The molecule has 0 heterocycles. The first-order valence-electron chi connectivity index (χ1n) is 7.51. The Labute approximate surface area is 156 Å². The molecule has 2 aromatic carbocycles. The first kappa shape index (κ1) is 19.9. The summed E-state index contributed by atoms with van der Waals surface area (Å²) in [5.41, 5.74) is 1.19. The molecule has 26 heavy (non-hydrogen) atoms. The normalized spacial score (nSPS) is 11.0. The minimum absolute atomic E-state index is 0.00850. The SMILES string of the molecule is COC(=O)CNS(=O)(=O)c1ccc(CNC(=O)c2ccc(Cl)cc2)cc1. The Morgan fingerprint density at radius 3 is 2.23 bits per heavy atom. The predicted molar refractivity (Wildman–Crippen MR) is 96.3 cm³/mol. The van der Waals surface area contributed by atoms with Crippen molar-refractivity contribution in [3.05, 3.63) is 64.7 Å². The molecule has 7 nitrogen and oxygen atoms in total. The highest BCUT2D eigenvalue weighted by Crippen LogP contribution is 2.12. The molecule has 0 aliphatic rings. The Morgan fingerprint density at radius 2 is 1.65 bits per heavy atom. The van der Waals surface area contributed by atoms with Crippen LogP contribution in [0.25, 0.3) is 0 Å². The molecule has 0 radical (unpaired) electrons. The van der Waals surface area contributed by atoms with Crippen LogP contribution < -0.4 is 10.0 Å². The van der Waals surface area contributed by atoms with Gasteiger partial charge >= 0.3 is 5.97 Å². The maximum atomic E-state index is 12.0. The van der Waals surface area contributed by atoms with Gasteiger partial charge in [0.1, 0.15) is 6.54 Å². The first-order valence-corrected chi connectivity index (χ1v) is 9.37. The largest absolute Gasteiger partial charge is 0.468 e. The number of hydrogen-bond donors (Lipinski definition) is 2. The molecule has 1 amide bonds. The van der Waals surface area contributed by atoms with Crippen LogP contribution in [0.1, 0.15) is 15.9 Å². The van der Waals surface area contributed by atoms with Crippen LogP contribution in [0.5, 0.6) is 0 Å². The third-order valence-corrected chi connectivity index (χ3v) is 5.10. The number of nitrogens with one attached hydrogen (secondary N) is 2. The van der Waals surface area contributed by atoms with Crippen LogP contribution in [-0.2, 0) is 26.1 Å². The van der Waals surface area contributed by atoms with E-state index in [2.05, 4.69) is 14.8 Å². The first-order chi connectivity index (χ1) is 12.3. The van der Waals surface area contributed by atoms with Crippen molar-refractivity contribution in [1.29, 1.82) is 0 Å². The van der Waals surface area contributed by atoms with Crippen LogP contribution in [0.4, 0.5) is 0 Å². The molecule has 0 aromatic heterocycles. The van der Waals surface area contributed by atoms with Gasteiger partial charge in [0.15, 0.2) is 0 Å². The number of sulfonamides is 1. The average molecular weight is 397 g/mol. The number of methoxy groups -OCH3 is 1. The second-order valence-electron chi connectivity index (χ2n) is 5.23. The summed E-state index contributed by atoms with van der Waals surface area (Å²) in [4.78, 5) is 23.1. The second kappa shape index (κ2) is 8.79. The molecule has 138 valence electrons. The number of rotatable bonds is 7. The van der Waals surface area contributed by atoms with Crippen LogP contribution in [0.3, 0.4) is 0 Å². The Kier molecular flexibility index (Phi) is 6.73. The number of carbonyl (C=O) groups is 2. The van der Waals surface area contributed by atoms with Crippen molar-refractivity contribution >= 4 is 33.5 Å². The molecule has 2 aromatic rings. The third-order valence-electron chi connectivity index (χ3n) is 3.43. The molecule has 0 saturated heterocycles. The van der Waals surface area contributed by atoms with E-state index in [0.717, 1.165) is 5.56 Å². The zero-order chi connectivity index (χ0) is 19.2. The molecule has 0 fully saturated rings. The molecule has 0 aliphatic heterocycles. The lowest BCUT2D eigenvalue weighted by Gasteiger charge is -2.08. The van der Waals surface area contributed by atoms with Gasteiger partial charge in [-0.15, -0.1) is 0 Å². The van der Waals surface area contributed by atoms with Crippen molar-refractivity contribution < 1.29 is 22.7 Å². The van der Waals surface area contributed by atoms with Gasteiger partial charge in [0, 0.05) is 17.1 Å². The zero-order valence-corrected chi connectivity index (χ0v) is 15.4. The van der Waals surface area contributed by atoms with E-state index in [1.54, 1.807) is 36.4 Å². The Hall–Kier alpha value is -2.42. The van der Waals surface area contributed by atoms with Crippen molar-refractivity contribution in [2.75, 3.05) is 13.7 Å². The summed E-state index contributed by atoms with van der Waals surface area (Å²) in [6.07, 6.45) is 0. The second-order valence-corrected chi connectivity index (χ2v) is 7.44. The highest BCUT2D eigenvalue weighted by molar-refractivity contribution is 7.89. The van der Waals surface area contributed by atoms with E-state index in [4.69, 9.17) is 11.6 Å². The lowest BCUT2D eigenvalue weighted by atomic mass is 10.2.